The number of carbonyl (C=O) groups excluding carboxylic acids is 1. The lowest BCUT2D eigenvalue weighted by molar-refractivity contribution is -0.141. The van der Waals surface area contributed by atoms with Crippen molar-refractivity contribution in [3.05, 3.63) is 62.6 Å². The number of alkyl halides is 3. The van der Waals surface area contributed by atoms with Crippen LogP contribution in [0.25, 0.3) is 0 Å². The number of benzene rings is 2. The van der Waals surface area contributed by atoms with Crippen LogP contribution in [0.5, 0.6) is 5.75 Å². The van der Waals surface area contributed by atoms with Gasteiger partial charge in [0, 0.05) is 16.0 Å². The summed E-state index contributed by atoms with van der Waals surface area (Å²) in [6.45, 7) is 4.65. The smallest absolute Gasteiger partial charge is 0.417 e. The Kier molecular flexibility index (Phi) is 6.80. The summed E-state index contributed by atoms with van der Waals surface area (Å²) >= 11 is 3.08. The number of methoxy groups -OCH3 is 1. The zero-order valence-corrected chi connectivity index (χ0v) is 18.7. The Hall–Kier alpha value is -2.02. The summed E-state index contributed by atoms with van der Waals surface area (Å²) in [6, 6.07) is 8.86. The lowest BCUT2D eigenvalue weighted by Crippen LogP contribution is -2.09. The summed E-state index contributed by atoms with van der Waals surface area (Å²) in [4.78, 5) is 11.2. The van der Waals surface area contributed by atoms with Crippen LogP contribution in [0.4, 0.5) is 13.2 Å². The molecule has 0 saturated carbocycles. The molecule has 162 valence electrons. The first kappa shape index (κ1) is 22.7. The normalized spacial score (nSPS) is 19.3. The number of rotatable bonds is 2. The van der Waals surface area contributed by atoms with E-state index in [9.17, 15) is 18.0 Å². The molecule has 7 heteroatoms. The van der Waals surface area contributed by atoms with Crippen LogP contribution in [0.3, 0.4) is 0 Å². The van der Waals surface area contributed by atoms with Crippen LogP contribution in [0.1, 0.15) is 59.4 Å². The Morgan fingerprint density at radius 3 is 2.60 bits per heavy atom. The Morgan fingerprint density at radius 1 is 1.23 bits per heavy atom. The SMILES string of the molecule is CC1CCc2c1ccc(C(F)(F)F)c2Br.COC(=O)CC1COc2cc(C)ccc21. The molecule has 1 aliphatic carbocycles. The highest BCUT2D eigenvalue weighted by Gasteiger charge is 2.35. The molecule has 0 N–H and O–H groups in total. The lowest BCUT2D eigenvalue weighted by atomic mass is 9.97. The molecular weight excluding hydrogens is 461 g/mol. The molecule has 4 rings (SSSR count). The molecule has 3 nitrogen and oxygen atoms in total. The van der Waals surface area contributed by atoms with Crippen LogP contribution >= 0.6 is 15.9 Å². The minimum Gasteiger partial charge on any atom is -0.493 e. The molecule has 0 saturated heterocycles. The van der Waals surface area contributed by atoms with Gasteiger partial charge in [0.25, 0.3) is 0 Å². The number of ether oxygens (including phenoxy) is 2. The molecule has 0 amide bonds. The Morgan fingerprint density at radius 2 is 1.93 bits per heavy atom. The maximum Gasteiger partial charge on any atom is 0.417 e. The van der Waals surface area contributed by atoms with Crippen molar-refractivity contribution in [1.29, 1.82) is 0 Å². The topological polar surface area (TPSA) is 35.5 Å². The van der Waals surface area contributed by atoms with Crippen LogP contribution < -0.4 is 4.74 Å². The zero-order valence-electron chi connectivity index (χ0n) is 17.1. The van der Waals surface area contributed by atoms with E-state index in [0.29, 0.717) is 18.9 Å². The van der Waals surface area contributed by atoms with Crippen LogP contribution in [-0.2, 0) is 22.1 Å². The van der Waals surface area contributed by atoms with Crippen LogP contribution in [0.2, 0.25) is 0 Å². The van der Waals surface area contributed by atoms with Gasteiger partial charge >= 0.3 is 12.1 Å². The molecule has 30 heavy (non-hydrogen) atoms. The second-order valence-corrected chi connectivity index (χ2v) is 8.55. The van der Waals surface area contributed by atoms with E-state index in [2.05, 4.69) is 20.7 Å². The molecular formula is C23H24BrF3O3. The molecule has 0 fully saturated rings. The van der Waals surface area contributed by atoms with Crippen molar-refractivity contribution >= 4 is 21.9 Å². The molecule has 2 unspecified atom stereocenters. The molecule has 1 heterocycles. The van der Waals surface area contributed by atoms with Gasteiger partial charge in [0.2, 0.25) is 0 Å². The molecule has 1 aliphatic heterocycles. The summed E-state index contributed by atoms with van der Waals surface area (Å²) in [7, 11) is 1.41. The third-order valence-corrected chi connectivity index (χ3v) is 6.54. The molecule has 0 aromatic heterocycles. The third-order valence-electron chi connectivity index (χ3n) is 5.63. The summed E-state index contributed by atoms with van der Waals surface area (Å²) in [5.74, 6) is 1.24. The van der Waals surface area contributed by atoms with Gasteiger partial charge in [-0.1, -0.05) is 25.1 Å². The highest BCUT2D eigenvalue weighted by Crippen LogP contribution is 2.43. The Labute approximate surface area is 182 Å². The predicted molar refractivity (Wildman–Crippen MR) is 112 cm³/mol. The summed E-state index contributed by atoms with van der Waals surface area (Å²) in [5, 5.41) is 0. The largest absolute Gasteiger partial charge is 0.493 e. The van der Waals surface area contributed by atoms with Gasteiger partial charge in [-0.25, -0.2) is 0 Å². The number of fused-ring (bicyclic) bond motifs is 2. The quantitative estimate of drug-likeness (QED) is 0.453. The highest BCUT2D eigenvalue weighted by molar-refractivity contribution is 9.10. The van der Waals surface area contributed by atoms with Crippen LogP contribution in [0.15, 0.2) is 34.8 Å². The average molecular weight is 485 g/mol. The van der Waals surface area contributed by atoms with E-state index in [-0.39, 0.29) is 16.4 Å². The maximum absolute atomic E-state index is 12.6. The van der Waals surface area contributed by atoms with Gasteiger partial charge in [-0.15, -0.1) is 0 Å². The van der Waals surface area contributed by atoms with E-state index >= 15 is 0 Å². The number of hydrogen-bond donors (Lipinski definition) is 0. The third kappa shape index (κ3) is 4.82. The lowest BCUT2D eigenvalue weighted by Gasteiger charge is -2.13. The molecule has 2 aliphatic rings. The molecule has 0 bridgehead atoms. The number of aryl methyl sites for hydroxylation is 1. The number of halogens is 4. The Bertz CT molecular complexity index is 940. The minimum absolute atomic E-state index is 0.146. The number of hydrogen-bond acceptors (Lipinski definition) is 3. The fourth-order valence-electron chi connectivity index (χ4n) is 3.92. The van der Waals surface area contributed by atoms with Crippen molar-refractivity contribution in [2.75, 3.05) is 13.7 Å². The van der Waals surface area contributed by atoms with E-state index < -0.39 is 11.7 Å². The van der Waals surface area contributed by atoms with Gasteiger partial charge in [0.05, 0.1) is 25.7 Å². The van der Waals surface area contributed by atoms with E-state index in [1.54, 1.807) is 6.07 Å². The average Bonchev–Trinajstić information content (AvgIpc) is 3.25. The van der Waals surface area contributed by atoms with Gasteiger partial charge < -0.3 is 9.47 Å². The van der Waals surface area contributed by atoms with E-state index in [1.807, 2.05) is 32.0 Å². The predicted octanol–water partition coefficient (Wildman–Crippen LogP) is 6.55. The Balaban J connectivity index is 0.000000171. The fourth-order valence-corrected chi connectivity index (χ4v) is 4.71. The molecule has 2 aromatic rings. The molecule has 2 aromatic carbocycles. The summed E-state index contributed by atoms with van der Waals surface area (Å²) in [5.41, 5.74) is 3.61. The summed E-state index contributed by atoms with van der Waals surface area (Å²) in [6.07, 6.45) is -2.19. The zero-order chi connectivity index (χ0) is 22.1. The number of carbonyl (C=O) groups is 1. The first-order chi connectivity index (χ1) is 14.1. The second kappa shape index (κ2) is 9.00. The van der Waals surface area contributed by atoms with Crippen molar-refractivity contribution < 1.29 is 27.4 Å². The van der Waals surface area contributed by atoms with E-state index in [0.717, 1.165) is 35.3 Å². The van der Waals surface area contributed by atoms with Crippen LogP contribution in [-0.4, -0.2) is 19.7 Å². The fraction of sp³-hybridized carbons (Fsp3) is 0.435. The van der Waals surface area contributed by atoms with E-state index in [1.165, 1.54) is 18.7 Å². The standard InChI is InChI=1S/C12H14O3.C11H10BrF3/c1-8-3-4-10-9(6-12(13)14-2)7-15-11(10)5-8;1-6-2-3-8-7(6)4-5-9(10(8)12)11(13,14)15/h3-5,9H,6-7H2,1-2H3;4-6H,2-3H2,1H3. The molecule has 0 spiro atoms. The van der Waals surface area contributed by atoms with Gasteiger partial charge in [0.15, 0.2) is 0 Å². The minimum atomic E-state index is -4.26. The van der Waals surface area contributed by atoms with Gasteiger partial charge in [-0.2, -0.15) is 13.2 Å². The van der Waals surface area contributed by atoms with Crippen molar-refractivity contribution in [3.63, 3.8) is 0 Å². The monoisotopic (exact) mass is 484 g/mol. The highest BCUT2D eigenvalue weighted by atomic mass is 79.9. The maximum atomic E-state index is 12.6. The second-order valence-electron chi connectivity index (χ2n) is 7.76. The van der Waals surface area contributed by atoms with Crippen molar-refractivity contribution in [1.82, 2.24) is 0 Å². The van der Waals surface area contributed by atoms with Crippen molar-refractivity contribution in [3.8, 4) is 5.75 Å². The van der Waals surface area contributed by atoms with Gasteiger partial charge in [0.1, 0.15) is 5.75 Å². The number of esters is 1. The van der Waals surface area contributed by atoms with Crippen LogP contribution in [0, 0.1) is 6.92 Å². The molecule has 2 atom stereocenters. The first-order valence-electron chi connectivity index (χ1n) is 9.80. The molecule has 0 radical (unpaired) electrons. The van der Waals surface area contributed by atoms with Crippen molar-refractivity contribution in [2.24, 2.45) is 0 Å². The van der Waals surface area contributed by atoms with Gasteiger partial charge in [-0.05, 0) is 70.4 Å². The summed E-state index contributed by atoms with van der Waals surface area (Å²) < 4.78 is 48.2. The first-order valence-corrected chi connectivity index (χ1v) is 10.6. The van der Waals surface area contributed by atoms with E-state index in [4.69, 9.17) is 4.74 Å². The van der Waals surface area contributed by atoms with Gasteiger partial charge in [-0.3, -0.25) is 4.79 Å². The van der Waals surface area contributed by atoms with Crippen molar-refractivity contribution in [2.45, 2.75) is 51.1 Å².